The number of aliphatic hydroxyl groups is 1. The SMILES string of the molecule is Cl.O=C(O)/C=C/c1ccccc1.OCC(c1ccccc1)N1CCCC1. The largest absolute Gasteiger partial charge is 0.478 e. The van der Waals surface area contributed by atoms with Crippen LogP contribution in [0.4, 0.5) is 0 Å². The normalized spacial score (nSPS) is 15.0. The number of nitrogens with zero attached hydrogens (tertiary/aromatic N) is 1. The van der Waals surface area contributed by atoms with Crippen LogP contribution in [-0.2, 0) is 4.79 Å². The number of carboxylic acids is 1. The van der Waals surface area contributed by atoms with E-state index in [2.05, 4.69) is 17.0 Å². The summed E-state index contributed by atoms with van der Waals surface area (Å²) in [7, 11) is 0. The van der Waals surface area contributed by atoms with Crippen molar-refractivity contribution in [2.75, 3.05) is 19.7 Å². The van der Waals surface area contributed by atoms with Crippen LogP contribution in [0.5, 0.6) is 0 Å². The van der Waals surface area contributed by atoms with Gasteiger partial charge in [-0.15, -0.1) is 12.4 Å². The first-order valence-corrected chi connectivity index (χ1v) is 8.56. The van der Waals surface area contributed by atoms with E-state index in [9.17, 15) is 9.90 Å². The Bertz CT molecular complexity index is 655. The number of carbonyl (C=O) groups is 1. The Kier molecular flexibility index (Phi) is 10.3. The van der Waals surface area contributed by atoms with Crippen molar-refractivity contribution in [3.05, 3.63) is 77.9 Å². The van der Waals surface area contributed by atoms with Crippen molar-refractivity contribution in [1.82, 2.24) is 4.90 Å². The van der Waals surface area contributed by atoms with Gasteiger partial charge in [0.25, 0.3) is 0 Å². The summed E-state index contributed by atoms with van der Waals surface area (Å²) in [5.41, 5.74) is 2.13. The maximum atomic E-state index is 10.1. The van der Waals surface area contributed by atoms with E-state index in [1.54, 1.807) is 6.08 Å². The molecule has 0 saturated carbocycles. The molecule has 2 aromatic carbocycles. The number of benzene rings is 2. The number of aliphatic hydroxyl groups excluding tert-OH is 1. The van der Waals surface area contributed by atoms with Gasteiger partial charge in [-0.2, -0.15) is 0 Å². The summed E-state index contributed by atoms with van der Waals surface area (Å²) < 4.78 is 0. The lowest BCUT2D eigenvalue weighted by molar-refractivity contribution is -0.131. The second kappa shape index (κ2) is 12.3. The molecule has 0 aromatic heterocycles. The van der Waals surface area contributed by atoms with Gasteiger partial charge in [-0.1, -0.05) is 60.7 Å². The summed E-state index contributed by atoms with van der Waals surface area (Å²) in [4.78, 5) is 12.5. The number of hydrogen-bond acceptors (Lipinski definition) is 3. The molecule has 2 N–H and O–H groups in total. The number of rotatable bonds is 5. The minimum Gasteiger partial charge on any atom is -0.478 e. The maximum Gasteiger partial charge on any atom is 0.328 e. The molecule has 0 amide bonds. The van der Waals surface area contributed by atoms with Crippen molar-refractivity contribution >= 4 is 24.5 Å². The highest BCUT2D eigenvalue weighted by atomic mass is 35.5. The predicted octanol–water partition coefficient (Wildman–Crippen LogP) is 4.02. The zero-order chi connectivity index (χ0) is 17.9. The third-order valence-corrected chi connectivity index (χ3v) is 4.16. The van der Waals surface area contributed by atoms with Crippen LogP contribution in [0.25, 0.3) is 6.08 Å². The topological polar surface area (TPSA) is 60.8 Å². The molecule has 4 nitrogen and oxygen atoms in total. The van der Waals surface area contributed by atoms with Crippen molar-refractivity contribution in [2.45, 2.75) is 18.9 Å². The second-order valence-corrected chi connectivity index (χ2v) is 5.93. The smallest absolute Gasteiger partial charge is 0.328 e. The summed E-state index contributed by atoms with van der Waals surface area (Å²) in [5.74, 6) is -0.922. The predicted molar refractivity (Wildman–Crippen MR) is 107 cm³/mol. The molecule has 0 spiro atoms. The van der Waals surface area contributed by atoms with Gasteiger partial charge in [0.15, 0.2) is 0 Å². The Morgan fingerprint density at radius 1 is 1.00 bits per heavy atom. The Balaban J connectivity index is 0.000000258. The first kappa shape index (κ1) is 21.9. The third-order valence-electron chi connectivity index (χ3n) is 4.16. The van der Waals surface area contributed by atoms with E-state index in [1.807, 2.05) is 48.5 Å². The second-order valence-electron chi connectivity index (χ2n) is 5.93. The highest BCUT2D eigenvalue weighted by Crippen LogP contribution is 2.24. The van der Waals surface area contributed by atoms with Crippen LogP contribution in [0, 0.1) is 0 Å². The fraction of sp³-hybridized carbons (Fsp3) is 0.286. The molecular weight excluding hydrogens is 350 g/mol. The quantitative estimate of drug-likeness (QED) is 0.775. The van der Waals surface area contributed by atoms with Gasteiger partial charge in [0.1, 0.15) is 0 Å². The number of aliphatic carboxylic acids is 1. The van der Waals surface area contributed by atoms with Gasteiger partial charge in [-0.05, 0) is 43.1 Å². The fourth-order valence-corrected chi connectivity index (χ4v) is 2.89. The molecule has 2 aromatic rings. The molecular formula is C21H26ClNO3. The zero-order valence-electron chi connectivity index (χ0n) is 14.7. The van der Waals surface area contributed by atoms with E-state index >= 15 is 0 Å². The molecule has 1 aliphatic rings. The zero-order valence-corrected chi connectivity index (χ0v) is 15.5. The molecule has 1 unspecified atom stereocenters. The van der Waals surface area contributed by atoms with Crippen LogP contribution < -0.4 is 0 Å². The Morgan fingerprint density at radius 3 is 2.04 bits per heavy atom. The van der Waals surface area contributed by atoms with Crippen molar-refractivity contribution in [3.63, 3.8) is 0 Å². The van der Waals surface area contributed by atoms with Gasteiger partial charge >= 0.3 is 5.97 Å². The number of likely N-dealkylation sites (tertiary alicyclic amines) is 1. The maximum absolute atomic E-state index is 10.1. The van der Waals surface area contributed by atoms with Crippen molar-refractivity contribution in [2.24, 2.45) is 0 Å². The van der Waals surface area contributed by atoms with Gasteiger partial charge in [0, 0.05) is 6.08 Å². The third kappa shape index (κ3) is 7.40. The number of carboxylic acid groups (broad SMARTS) is 1. The van der Waals surface area contributed by atoms with Crippen LogP contribution in [-0.4, -0.2) is 40.8 Å². The highest BCUT2D eigenvalue weighted by molar-refractivity contribution is 5.85. The minimum absolute atomic E-state index is 0. The average molecular weight is 376 g/mol. The van der Waals surface area contributed by atoms with Crippen LogP contribution in [0.3, 0.4) is 0 Å². The summed E-state index contributed by atoms with van der Waals surface area (Å²) in [6.45, 7) is 2.48. The first-order valence-electron chi connectivity index (χ1n) is 8.56. The Morgan fingerprint density at radius 2 is 1.54 bits per heavy atom. The molecule has 26 heavy (non-hydrogen) atoms. The molecule has 0 bridgehead atoms. The average Bonchev–Trinajstić information content (AvgIpc) is 3.17. The number of hydrogen-bond donors (Lipinski definition) is 2. The minimum atomic E-state index is -0.922. The first-order chi connectivity index (χ1) is 12.2. The molecule has 1 aliphatic heterocycles. The molecule has 0 radical (unpaired) electrons. The number of halogens is 1. The molecule has 3 rings (SSSR count). The van der Waals surface area contributed by atoms with Gasteiger partial charge in [0.2, 0.25) is 0 Å². The molecule has 5 heteroatoms. The lowest BCUT2D eigenvalue weighted by atomic mass is 10.1. The van der Waals surface area contributed by atoms with Crippen molar-refractivity contribution < 1.29 is 15.0 Å². The Labute approximate surface area is 161 Å². The van der Waals surface area contributed by atoms with E-state index in [4.69, 9.17) is 5.11 Å². The van der Waals surface area contributed by atoms with E-state index in [0.29, 0.717) is 0 Å². The van der Waals surface area contributed by atoms with Gasteiger partial charge in [-0.25, -0.2) is 4.79 Å². The monoisotopic (exact) mass is 375 g/mol. The summed E-state index contributed by atoms with van der Waals surface area (Å²) in [6, 6.07) is 19.8. The van der Waals surface area contributed by atoms with Gasteiger partial charge in [0.05, 0.1) is 12.6 Å². The van der Waals surface area contributed by atoms with Crippen molar-refractivity contribution in [1.29, 1.82) is 0 Å². The van der Waals surface area contributed by atoms with Crippen LogP contribution in [0.15, 0.2) is 66.7 Å². The van der Waals surface area contributed by atoms with E-state index in [1.165, 1.54) is 18.4 Å². The van der Waals surface area contributed by atoms with E-state index in [0.717, 1.165) is 24.7 Å². The lowest BCUT2D eigenvalue weighted by Gasteiger charge is -2.25. The lowest BCUT2D eigenvalue weighted by Crippen LogP contribution is -2.28. The van der Waals surface area contributed by atoms with E-state index < -0.39 is 5.97 Å². The van der Waals surface area contributed by atoms with Gasteiger partial charge in [-0.3, -0.25) is 4.90 Å². The Hall–Kier alpha value is -2.14. The van der Waals surface area contributed by atoms with Crippen LogP contribution in [0.2, 0.25) is 0 Å². The fourth-order valence-electron chi connectivity index (χ4n) is 2.89. The molecule has 1 atom stereocenters. The molecule has 1 fully saturated rings. The molecule has 1 saturated heterocycles. The van der Waals surface area contributed by atoms with Gasteiger partial charge < -0.3 is 10.2 Å². The van der Waals surface area contributed by atoms with E-state index in [-0.39, 0.29) is 25.1 Å². The highest BCUT2D eigenvalue weighted by Gasteiger charge is 2.22. The molecule has 1 heterocycles. The molecule has 140 valence electrons. The summed E-state index contributed by atoms with van der Waals surface area (Å²) in [5, 5.41) is 17.7. The summed E-state index contributed by atoms with van der Waals surface area (Å²) >= 11 is 0. The van der Waals surface area contributed by atoms with Crippen LogP contribution >= 0.6 is 12.4 Å². The summed E-state index contributed by atoms with van der Waals surface area (Å²) in [6.07, 6.45) is 5.21. The standard InChI is InChI=1S/C12H17NO.C9H8O2.ClH/c14-10-12(13-8-4-5-9-13)11-6-2-1-3-7-11;10-9(11)7-6-8-4-2-1-3-5-8;/h1-3,6-7,12,14H,4-5,8-10H2;1-7H,(H,10,11);1H/b;7-6+;. The van der Waals surface area contributed by atoms with Crippen LogP contribution in [0.1, 0.15) is 30.0 Å². The van der Waals surface area contributed by atoms with Crippen molar-refractivity contribution in [3.8, 4) is 0 Å². The molecule has 0 aliphatic carbocycles.